The summed E-state index contributed by atoms with van der Waals surface area (Å²) in [5.41, 5.74) is 3.78. The van der Waals surface area contributed by atoms with Crippen LogP contribution in [0.15, 0.2) is 75.8 Å². The highest BCUT2D eigenvalue weighted by Gasteiger charge is 2.32. The second-order valence-electron chi connectivity index (χ2n) is 9.90. The van der Waals surface area contributed by atoms with Crippen molar-refractivity contribution in [2.75, 3.05) is 19.8 Å². The molecule has 0 bridgehead atoms. The zero-order chi connectivity index (χ0) is 27.3. The number of benzene rings is 2. The Bertz CT molecular complexity index is 1600. The van der Waals surface area contributed by atoms with Crippen LogP contribution in [0, 0.1) is 0 Å². The Morgan fingerprint density at radius 1 is 1.05 bits per heavy atom. The van der Waals surface area contributed by atoms with E-state index in [0.29, 0.717) is 37.1 Å². The molecule has 1 fully saturated rings. The van der Waals surface area contributed by atoms with Crippen LogP contribution in [-0.4, -0.2) is 30.7 Å². The van der Waals surface area contributed by atoms with Gasteiger partial charge in [0.25, 0.3) is 0 Å². The summed E-state index contributed by atoms with van der Waals surface area (Å²) < 4.78 is 29.4. The van der Waals surface area contributed by atoms with Gasteiger partial charge in [0.1, 0.15) is 35.0 Å². The van der Waals surface area contributed by atoms with E-state index in [-0.39, 0.29) is 5.76 Å². The minimum atomic E-state index is -0.475. The maximum Gasteiger partial charge on any atom is 0.374 e. The predicted molar refractivity (Wildman–Crippen MR) is 151 cm³/mol. The summed E-state index contributed by atoms with van der Waals surface area (Å²) in [7, 11) is 0. The van der Waals surface area contributed by atoms with Gasteiger partial charge < -0.3 is 28.4 Å². The van der Waals surface area contributed by atoms with Gasteiger partial charge in [0.05, 0.1) is 18.6 Å². The van der Waals surface area contributed by atoms with E-state index in [2.05, 4.69) is 16.4 Å². The second-order valence-corrected chi connectivity index (χ2v) is 9.90. The number of carbonyl (C=O) groups is 1. The Kier molecular flexibility index (Phi) is 7.68. The maximum absolute atomic E-state index is 12.0. The van der Waals surface area contributed by atoms with Crippen molar-refractivity contribution in [2.24, 2.45) is 0 Å². The molecule has 3 heterocycles. The number of ether oxygens (including phenoxy) is 3. The summed E-state index contributed by atoms with van der Waals surface area (Å²) in [6.07, 6.45) is 6.81. The van der Waals surface area contributed by atoms with E-state index in [1.165, 1.54) is 11.1 Å². The highest BCUT2D eigenvalue weighted by molar-refractivity contribution is 5.93. The quantitative estimate of drug-likeness (QED) is 0.129. The molecule has 0 radical (unpaired) electrons. The summed E-state index contributed by atoms with van der Waals surface area (Å²) in [6, 6.07) is 17.2. The molecule has 0 spiro atoms. The minimum absolute atomic E-state index is 0.180. The zero-order valence-electron chi connectivity index (χ0n) is 22.5. The van der Waals surface area contributed by atoms with Crippen molar-refractivity contribution in [1.29, 1.82) is 0 Å². The van der Waals surface area contributed by atoms with Crippen molar-refractivity contribution in [3.05, 3.63) is 89.6 Å². The first-order valence-electron chi connectivity index (χ1n) is 13.8. The molecule has 1 aliphatic rings. The lowest BCUT2D eigenvalue weighted by Gasteiger charge is -2.10. The van der Waals surface area contributed by atoms with Gasteiger partial charge in [-0.05, 0) is 86.7 Å². The molecule has 6 rings (SSSR count). The normalized spacial score (nSPS) is 13.1. The first kappa shape index (κ1) is 26.0. The van der Waals surface area contributed by atoms with Crippen molar-refractivity contribution in [1.82, 2.24) is 10.3 Å². The molecule has 0 atom stereocenters. The molecule has 5 aromatic rings. The first-order valence-corrected chi connectivity index (χ1v) is 13.8. The number of hydrogen-bond donors (Lipinski definition) is 1. The summed E-state index contributed by atoms with van der Waals surface area (Å²) >= 11 is 0. The smallest absolute Gasteiger partial charge is 0.374 e. The molecule has 3 aromatic heterocycles. The van der Waals surface area contributed by atoms with E-state index in [4.69, 9.17) is 23.0 Å². The van der Waals surface area contributed by atoms with Gasteiger partial charge in [-0.2, -0.15) is 0 Å². The van der Waals surface area contributed by atoms with Gasteiger partial charge in [-0.1, -0.05) is 12.1 Å². The van der Waals surface area contributed by atoms with Crippen molar-refractivity contribution in [3.8, 4) is 11.5 Å². The molecular formula is C32H32N2O6. The lowest BCUT2D eigenvalue weighted by atomic mass is 10.1. The molecular weight excluding hydrogens is 508 g/mol. The highest BCUT2D eigenvalue weighted by atomic mass is 16.5. The van der Waals surface area contributed by atoms with Gasteiger partial charge in [-0.3, -0.25) is 4.98 Å². The number of rotatable bonds is 13. The lowest BCUT2D eigenvalue weighted by molar-refractivity contribution is 0.0492. The van der Waals surface area contributed by atoms with E-state index < -0.39 is 5.97 Å². The maximum atomic E-state index is 12.0. The van der Waals surface area contributed by atoms with E-state index in [9.17, 15) is 4.79 Å². The number of carbonyl (C=O) groups excluding carboxylic acids is 1. The first-order chi connectivity index (χ1) is 19.7. The monoisotopic (exact) mass is 540 g/mol. The Balaban J connectivity index is 1.12. The summed E-state index contributed by atoms with van der Waals surface area (Å²) in [6.45, 7) is 4.61. The number of pyridine rings is 1. The SMILES string of the molecule is CCOC(=O)c1cc2cc(OCc3oc4cccc(OCCCNCc5cccnc5)c4c3C3CC3)ccc2o1. The van der Waals surface area contributed by atoms with E-state index >= 15 is 0 Å². The van der Waals surface area contributed by atoms with Gasteiger partial charge in [0.15, 0.2) is 0 Å². The highest BCUT2D eigenvalue weighted by Crippen LogP contribution is 2.48. The number of aromatic nitrogens is 1. The van der Waals surface area contributed by atoms with Crippen LogP contribution in [0.5, 0.6) is 11.5 Å². The van der Waals surface area contributed by atoms with Crippen LogP contribution in [0.25, 0.3) is 21.9 Å². The fourth-order valence-electron chi connectivity index (χ4n) is 4.90. The fourth-order valence-corrected chi connectivity index (χ4v) is 4.90. The van der Waals surface area contributed by atoms with E-state index in [1.54, 1.807) is 25.3 Å². The van der Waals surface area contributed by atoms with E-state index in [1.807, 2.05) is 42.6 Å². The summed E-state index contributed by atoms with van der Waals surface area (Å²) in [4.78, 5) is 16.2. The molecule has 1 N–H and O–H groups in total. The molecule has 0 amide bonds. The average Bonchev–Trinajstić information content (AvgIpc) is 3.60. The number of fused-ring (bicyclic) bond motifs is 2. The van der Waals surface area contributed by atoms with Gasteiger partial charge in [-0.25, -0.2) is 4.79 Å². The molecule has 0 aliphatic heterocycles. The average molecular weight is 541 g/mol. The number of nitrogens with one attached hydrogen (secondary N) is 1. The van der Waals surface area contributed by atoms with Gasteiger partial charge in [0.2, 0.25) is 5.76 Å². The summed E-state index contributed by atoms with van der Waals surface area (Å²) in [5, 5.41) is 5.27. The topological polar surface area (TPSA) is 96.0 Å². The molecule has 8 heteroatoms. The third-order valence-corrected chi connectivity index (χ3v) is 6.92. The Morgan fingerprint density at radius 2 is 1.98 bits per heavy atom. The predicted octanol–water partition coefficient (Wildman–Crippen LogP) is 6.77. The van der Waals surface area contributed by atoms with Crippen molar-refractivity contribution < 1.29 is 27.8 Å². The second kappa shape index (κ2) is 11.8. The van der Waals surface area contributed by atoms with Crippen LogP contribution < -0.4 is 14.8 Å². The largest absolute Gasteiger partial charge is 0.493 e. The van der Waals surface area contributed by atoms with Gasteiger partial charge in [-0.15, -0.1) is 0 Å². The number of furan rings is 2. The van der Waals surface area contributed by atoms with Crippen molar-refractivity contribution >= 4 is 27.9 Å². The third kappa shape index (κ3) is 5.82. The van der Waals surface area contributed by atoms with Crippen LogP contribution >= 0.6 is 0 Å². The lowest BCUT2D eigenvalue weighted by Crippen LogP contribution is -2.17. The molecule has 1 aliphatic carbocycles. The number of hydrogen-bond acceptors (Lipinski definition) is 8. The molecule has 206 valence electrons. The van der Waals surface area contributed by atoms with Crippen LogP contribution in [0.1, 0.15) is 59.5 Å². The molecule has 0 saturated heterocycles. The molecule has 0 unspecified atom stereocenters. The number of esters is 1. The molecule has 8 nitrogen and oxygen atoms in total. The Labute approximate surface area is 232 Å². The van der Waals surface area contributed by atoms with Crippen LogP contribution in [0.2, 0.25) is 0 Å². The van der Waals surface area contributed by atoms with E-state index in [0.717, 1.165) is 60.2 Å². The Hall–Kier alpha value is -4.30. The molecule has 2 aromatic carbocycles. The van der Waals surface area contributed by atoms with Crippen LogP contribution in [0.3, 0.4) is 0 Å². The standard InChI is InChI=1S/C32H32N2O6/c1-2-36-32(35)28-17-23-16-24(11-12-25(23)39-28)38-20-29-30(22-9-10-22)31-26(7-3-8-27(31)40-29)37-15-5-14-34-19-21-6-4-13-33-18-21/h3-4,6-8,11-13,16-18,22,34H,2,5,9-10,14-15,19-20H2,1H3. The fraction of sp³-hybridized carbons (Fsp3) is 0.312. The summed E-state index contributed by atoms with van der Waals surface area (Å²) in [5.74, 6) is 2.50. The molecule has 40 heavy (non-hydrogen) atoms. The van der Waals surface area contributed by atoms with Crippen molar-refractivity contribution in [2.45, 2.75) is 45.3 Å². The van der Waals surface area contributed by atoms with Crippen LogP contribution in [0.4, 0.5) is 0 Å². The van der Waals surface area contributed by atoms with Crippen LogP contribution in [-0.2, 0) is 17.9 Å². The van der Waals surface area contributed by atoms with Gasteiger partial charge in [0, 0.05) is 29.9 Å². The Morgan fingerprint density at radius 3 is 2.80 bits per heavy atom. The molecule has 1 saturated carbocycles. The van der Waals surface area contributed by atoms with Crippen molar-refractivity contribution in [3.63, 3.8) is 0 Å². The number of nitrogens with zero attached hydrogens (tertiary/aromatic N) is 1. The zero-order valence-corrected chi connectivity index (χ0v) is 22.5. The minimum Gasteiger partial charge on any atom is -0.493 e. The third-order valence-electron chi connectivity index (χ3n) is 6.92. The van der Waals surface area contributed by atoms with Gasteiger partial charge >= 0.3 is 5.97 Å².